The Bertz CT molecular complexity index is 261. The van der Waals surface area contributed by atoms with E-state index in [0.29, 0.717) is 0 Å². The molecule has 0 radical (unpaired) electrons. The fourth-order valence-corrected chi connectivity index (χ4v) is 3.16. The van der Waals surface area contributed by atoms with Crippen molar-refractivity contribution in [2.45, 2.75) is 84.2 Å². The van der Waals surface area contributed by atoms with E-state index in [4.69, 9.17) is 0 Å². The summed E-state index contributed by atoms with van der Waals surface area (Å²) >= 11 is 0. The smallest absolute Gasteiger partial charge is 0.0832 e. The van der Waals surface area contributed by atoms with Gasteiger partial charge in [-0.15, -0.1) is 0 Å². The highest BCUT2D eigenvalue weighted by Crippen LogP contribution is 2.43. The van der Waals surface area contributed by atoms with Crippen LogP contribution in [0.3, 0.4) is 0 Å². The third-order valence-corrected chi connectivity index (χ3v) is 4.77. The van der Waals surface area contributed by atoms with Crippen LogP contribution in [-0.2, 0) is 0 Å². The van der Waals surface area contributed by atoms with Gasteiger partial charge in [-0.05, 0) is 38.0 Å². The number of hydrogen-bond donors (Lipinski definition) is 1. The molecule has 0 aromatic heterocycles. The minimum Gasteiger partial charge on any atom is -0.391 e. The van der Waals surface area contributed by atoms with Gasteiger partial charge in [0.1, 0.15) is 0 Å². The Kier molecular flexibility index (Phi) is 6.71. The van der Waals surface area contributed by atoms with Gasteiger partial charge >= 0.3 is 0 Å². The third-order valence-electron chi connectivity index (χ3n) is 4.77. The average molecular weight is 251 g/mol. The highest BCUT2D eigenvalue weighted by molar-refractivity contribution is 5.05. The van der Waals surface area contributed by atoms with E-state index in [1.807, 2.05) is 0 Å². The Balaban J connectivity index is 2.42. The van der Waals surface area contributed by atoms with Crippen molar-refractivity contribution in [1.82, 2.24) is 0 Å². The van der Waals surface area contributed by atoms with Gasteiger partial charge in [-0.25, -0.2) is 0 Å². The van der Waals surface area contributed by atoms with Gasteiger partial charge in [0.05, 0.1) is 17.6 Å². The summed E-state index contributed by atoms with van der Waals surface area (Å²) in [6, 6.07) is 2.45. The second-order valence-electron chi connectivity index (χ2n) is 5.98. The number of unbranched alkanes of at least 4 members (excludes halogenated alkanes) is 3. The van der Waals surface area contributed by atoms with Gasteiger partial charge in [0, 0.05) is 0 Å². The molecule has 0 spiro atoms. The molecule has 1 atom stereocenters. The first-order chi connectivity index (χ1) is 8.68. The SMILES string of the molecule is CCCCCCC(O)C1(C#N)CCC(CC)CC1. The molecule has 1 unspecified atom stereocenters. The molecule has 2 heteroatoms. The van der Waals surface area contributed by atoms with Crippen LogP contribution in [0.25, 0.3) is 0 Å². The molecule has 0 heterocycles. The summed E-state index contributed by atoms with van der Waals surface area (Å²) in [4.78, 5) is 0. The molecule has 1 saturated carbocycles. The number of aliphatic hydroxyl groups excluding tert-OH is 1. The van der Waals surface area contributed by atoms with E-state index in [0.717, 1.165) is 44.4 Å². The molecule has 0 amide bonds. The Hall–Kier alpha value is -0.550. The lowest BCUT2D eigenvalue weighted by Gasteiger charge is -2.38. The monoisotopic (exact) mass is 251 g/mol. The van der Waals surface area contributed by atoms with Crippen LogP contribution in [0, 0.1) is 22.7 Å². The van der Waals surface area contributed by atoms with Crippen molar-refractivity contribution in [2.24, 2.45) is 11.3 Å². The zero-order valence-electron chi connectivity index (χ0n) is 12.1. The second kappa shape index (κ2) is 7.79. The predicted molar refractivity (Wildman–Crippen MR) is 75.1 cm³/mol. The summed E-state index contributed by atoms with van der Waals surface area (Å²) in [6.07, 6.45) is 10.4. The maximum Gasteiger partial charge on any atom is 0.0832 e. The fraction of sp³-hybridized carbons (Fsp3) is 0.938. The van der Waals surface area contributed by atoms with Crippen molar-refractivity contribution in [3.8, 4) is 6.07 Å². The van der Waals surface area contributed by atoms with Crippen molar-refractivity contribution in [1.29, 1.82) is 5.26 Å². The van der Waals surface area contributed by atoms with E-state index in [-0.39, 0.29) is 0 Å². The van der Waals surface area contributed by atoms with Gasteiger partial charge in [0.2, 0.25) is 0 Å². The molecule has 1 rings (SSSR count). The first kappa shape index (κ1) is 15.5. The summed E-state index contributed by atoms with van der Waals surface area (Å²) in [5, 5.41) is 19.8. The van der Waals surface area contributed by atoms with E-state index in [1.54, 1.807) is 0 Å². The molecule has 18 heavy (non-hydrogen) atoms. The Morgan fingerprint density at radius 3 is 2.39 bits per heavy atom. The molecule has 0 aromatic rings. The third kappa shape index (κ3) is 3.99. The normalized spacial score (nSPS) is 29.8. The van der Waals surface area contributed by atoms with Crippen LogP contribution in [0.15, 0.2) is 0 Å². The average Bonchev–Trinajstić information content (AvgIpc) is 2.43. The van der Waals surface area contributed by atoms with Crippen molar-refractivity contribution in [3.05, 3.63) is 0 Å². The van der Waals surface area contributed by atoms with Gasteiger partial charge in [-0.2, -0.15) is 5.26 Å². The largest absolute Gasteiger partial charge is 0.391 e. The lowest BCUT2D eigenvalue weighted by Crippen LogP contribution is -2.37. The van der Waals surface area contributed by atoms with Crippen molar-refractivity contribution < 1.29 is 5.11 Å². The molecule has 1 N–H and O–H groups in total. The van der Waals surface area contributed by atoms with E-state index in [9.17, 15) is 10.4 Å². The van der Waals surface area contributed by atoms with Crippen LogP contribution >= 0.6 is 0 Å². The minimum atomic E-state index is -0.433. The molecule has 1 fully saturated rings. The number of hydrogen-bond acceptors (Lipinski definition) is 2. The van der Waals surface area contributed by atoms with E-state index in [2.05, 4.69) is 19.9 Å². The van der Waals surface area contributed by atoms with Crippen LogP contribution in [0.5, 0.6) is 0 Å². The summed E-state index contributed by atoms with van der Waals surface area (Å²) in [5.74, 6) is 0.777. The van der Waals surface area contributed by atoms with Gasteiger partial charge < -0.3 is 5.11 Å². The molecule has 1 aliphatic carbocycles. The van der Waals surface area contributed by atoms with Gasteiger partial charge in [0.25, 0.3) is 0 Å². The number of aliphatic hydroxyl groups is 1. The molecule has 2 nitrogen and oxygen atoms in total. The quantitative estimate of drug-likeness (QED) is 0.680. The summed E-state index contributed by atoms with van der Waals surface area (Å²) in [5.41, 5.74) is -0.433. The maximum atomic E-state index is 10.4. The molecule has 1 aliphatic rings. The summed E-state index contributed by atoms with van der Waals surface area (Å²) in [6.45, 7) is 4.42. The van der Waals surface area contributed by atoms with Crippen LogP contribution in [-0.4, -0.2) is 11.2 Å². The molecule has 104 valence electrons. The number of nitrogens with zero attached hydrogens (tertiary/aromatic N) is 1. The van der Waals surface area contributed by atoms with E-state index < -0.39 is 11.5 Å². The lowest BCUT2D eigenvalue weighted by molar-refractivity contribution is 0.0182. The van der Waals surface area contributed by atoms with Crippen LogP contribution in [0.2, 0.25) is 0 Å². The second-order valence-corrected chi connectivity index (χ2v) is 5.98. The minimum absolute atomic E-state index is 0.405. The first-order valence-corrected chi connectivity index (χ1v) is 7.77. The molecule has 0 bridgehead atoms. The molecule has 0 aromatic carbocycles. The topological polar surface area (TPSA) is 44.0 Å². The molecular weight excluding hydrogens is 222 g/mol. The number of nitriles is 1. The predicted octanol–water partition coefficient (Wildman–Crippen LogP) is 4.43. The zero-order valence-corrected chi connectivity index (χ0v) is 12.1. The Morgan fingerprint density at radius 1 is 1.22 bits per heavy atom. The summed E-state index contributed by atoms with van der Waals surface area (Å²) in [7, 11) is 0. The van der Waals surface area contributed by atoms with Crippen LogP contribution < -0.4 is 0 Å². The lowest BCUT2D eigenvalue weighted by atomic mass is 9.67. The van der Waals surface area contributed by atoms with Crippen molar-refractivity contribution in [2.75, 3.05) is 0 Å². The number of rotatable bonds is 7. The standard InChI is InChI=1S/C16H29NO/c1-3-5-6-7-8-15(18)16(13-17)11-9-14(4-2)10-12-16/h14-15,18H,3-12H2,1-2H3. The van der Waals surface area contributed by atoms with E-state index >= 15 is 0 Å². The Morgan fingerprint density at radius 2 is 1.89 bits per heavy atom. The molecule has 0 saturated heterocycles. The van der Waals surface area contributed by atoms with E-state index in [1.165, 1.54) is 25.7 Å². The molecule has 0 aliphatic heterocycles. The van der Waals surface area contributed by atoms with Crippen molar-refractivity contribution in [3.63, 3.8) is 0 Å². The first-order valence-electron chi connectivity index (χ1n) is 7.77. The molecular formula is C16H29NO. The van der Waals surface area contributed by atoms with Gasteiger partial charge in [0.15, 0.2) is 0 Å². The fourth-order valence-electron chi connectivity index (χ4n) is 3.16. The maximum absolute atomic E-state index is 10.4. The van der Waals surface area contributed by atoms with Gasteiger partial charge in [-0.1, -0.05) is 46.0 Å². The highest BCUT2D eigenvalue weighted by Gasteiger charge is 2.40. The Labute approximate surface area is 112 Å². The highest BCUT2D eigenvalue weighted by atomic mass is 16.3. The van der Waals surface area contributed by atoms with Crippen molar-refractivity contribution >= 4 is 0 Å². The van der Waals surface area contributed by atoms with Crippen LogP contribution in [0.1, 0.15) is 78.1 Å². The summed E-state index contributed by atoms with van der Waals surface area (Å²) < 4.78 is 0. The van der Waals surface area contributed by atoms with Gasteiger partial charge in [-0.3, -0.25) is 0 Å². The van der Waals surface area contributed by atoms with Crippen LogP contribution in [0.4, 0.5) is 0 Å². The zero-order chi connectivity index (χ0) is 13.4.